The lowest BCUT2D eigenvalue weighted by molar-refractivity contribution is -0.130. The number of anilines is 1. The van der Waals surface area contributed by atoms with Gasteiger partial charge in [-0.3, -0.25) is 15.6 Å². The zero-order valence-corrected chi connectivity index (χ0v) is 15.0. The van der Waals surface area contributed by atoms with Crippen molar-refractivity contribution < 1.29 is 19.0 Å². The van der Waals surface area contributed by atoms with Crippen LogP contribution in [-0.2, 0) is 4.79 Å². The SMILES string of the molecule is CCOc1ccc(NC(=S)NNC(=O)[C@H]2COc3ccccc3O2)cc1. The highest BCUT2D eigenvalue weighted by atomic mass is 32.1. The second-order valence-electron chi connectivity index (χ2n) is 5.39. The predicted molar refractivity (Wildman–Crippen MR) is 101 cm³/mol. The highest BCUT2D eigenvalue weighted by Crippen LogP contribution is 2.30. The molecule has 3 rings (SSSR count). The third kappa shape index (κ3) is 4.54. The second-order valence-corrected chi connectivity index (χ2v) is 5.80. The molecule has 1 aliphatic rings. The molecular formula is C18H19N3O4S. The van der Waals surface area contributed by atoms with Gasteiger partial charge in [0.25, 0.3) is 5.91 Å². The van der Waals surface area contributed by atoms with Crippen LogP contribution in [0.2, 0.25) is 0 Å². The number of hydrogen-bond acceptors (Lipinski definition) is 5. The molecule has 26 heavy (non-hydrogen) atoms. The zero-order valence-electron chi connectivity index (χ0n) is 14.2. The Balaban J connectivity index is 1.46. The summed E-state index contributed by atoms with van der Waals surface area (Å²) in [5.74, 6) is 1.56. The quantitative estimate of drug-likeness (QED) is 0.560. The Morgan fingerprint density at radius 3 is 2.62 bits per heavy atom. The molecule has 0 saturated heterocycles. The first-order chi connectivity index (χ1) is 12.7. The molecule has 7 nitrogen and oxygen atoms in total. The maximum atomic E-state index is 12.2. The van der Waals surface area contributed by atoms with Crippen molar-refractivity contribution in [3.8, 4) is 17.2 Å². The number of amides is 1. The van der Waals surface area contributed by atoms with Gasteiger partial charge in [-0.1, -0.05) is 12.1 Å². The average Bonchev–Trinajstić information content (AvgIpc) is 2.67. The molecule has 136 valence electrons. The number of ether oxygens (including phenoxy) is 3. The van der Waals surface area contributed by atoms with Gasteiger partial charge in [0.2, 0.25) is 6.10 Å². The predicted octanol–water partition coefficient (Wildman–Crippen LogP) is 2.24. The summed E-state index contributed by atoms with van der Waals surface area (Å²) >= 11 is 5.16. The standard InChI is InChI=1S/C18H19N3O4S/c1-2-23-13-9-7-12(8-10-13)19-18(26)21-20-17(22)16-11-24-14-5-3-4-6-15(14)25-16/h3-10,16H,2,11H2,1H3,(H,20,22)(H2,19,21,26)/t16-/m1/s1. The van der Waals surface area contributed by atoms with E-state index in [9.17, 15) is 4.79 Å². The van der Waals surface area contributed by atoms with Crippen molar-refractivity contribution >= 4 is 28.9 Å². The summed E-state index contributed by atoms with van der Waals surface area (Å²) in [7, 11) is 0. The van der Waals surface area contributed by atoms with Crippen molar-refractivity contribution in [3.63, 3.8) is 0 Å². The third-order valence-electron chi connectivity index (χ3n) is 3.52. The first-order valence-corrected chi connectivity index (χ1v) is 8.54. The Bertz CT molecular complexity index is 782. The van der Waals surface area contributed by atoms with Crippen LogP contribution in [0.25, 0.3) is 0 Å². The van der Waals surface area contributed by atoms with Crippen LogP contribution in [0.3, 0.4) is 0 Å². The topological polar surface area (TPSA) is 80.9 Å². The molecule has 0 bridgehead atoms. The van der Waals surface area contributed by atoms with Gasteiger partial charge in [0.1, 0.15) is 12.4 Å². The number of benzene rings is 2. The molecule has 0 unspecified atom stereocenters. The van der Waals surface area contributed by atoms with Crippen molar-refractivity contribution in [1.29, 1.82) is 0 Å². The van der Waals surface area contributed by atoms with Crippen LogP contribution < -0.4 is 30.4 Å². The minimum absolute atomic E-state index is 0.129. The minimum Gasteiger partial charge on any atom is -0.494 e. The Labute approximate surface area is 156 Å². The molecule has 0 fully saturated rings. The minimum atomic E-state index is -0.759. The Morgan fingerprint density at radius 1 is 1.15 bits per heavy atom. The Hall–Kier alpha value is -3.00. The molecule has 2 aromatic rings. The highest BCUT2D eigenvalue weighted by molar-refractivity contribution is 7.80. The van der Waals surface area contributed by atoms with Crippen molar-refractivity contribution in [2.75, 3.05) is 18.5 Å². The largest absolute Gasteiger partial charge is 0.494 e. The average molecular weight is 373 g/mol. The van der Waals surface area contributed by atoms with Crippen molar-refractivity contribution in [2.45, 2.75) is 13.0 Å². The fourth-order valence-electron chi connectivity index (χ4n) is 2.31. The van der Waals surface area contributed by atoms with E-state index in [-0.39, 0.29) is 17.6 Å². The number of carbonyl (C=O) groups excluding carboxylic acids is 1. The maximum absolute atomic E-state index is 12.2. The molecule has 0 spiro atoms. The molecule has 0 aromatic heterocycles. The van der Waals surface area contributed by atoms with Crippen LogP contribution in [-0.4, -0.2) is 30.3 Å². The molecule has 1 atom stereocenters. The summed E-state index contributed by atoms with van der Waals surface area (Å²) in [5.41, 5.74) is 5.93. The number of para-hydroxylation sites is 2. The number of thiocarbonyl (C=S) groups is 1. The zero-order chi connectivity index (χ0) is 18.4. The molecule has 2 aromatic carbocycles. The van der Waals surface area contributed by atoms with Crippen LogP contribution in [0.5, 0.6) is 17.2 Å². The summed E-state index contributed by atoms with van der Waals surface area (Å²) < 4.78 is 16.5. The molecule has 8 heteroatoms. The van der Waals surface area contributed by atoms with E-state index in [0.717, 1.165) is 11.4 Å². The fourth-order valence-corrected chi connectivity index (χ4v) is 2.48. The van der Waals surface area contributed by atoms with Crippen molar-refractivity contribution in [1.82, 2.24) is 10.9 Å². The first-order valence-electron chi connectivity index (χ1n) is 8.14. The van der Waals surface area contributed by atoms with Crippen LogP contribution >= 0.6 is 12.2 Å². The fraction of sp³-hybridized carbons (Fsp3) is 0.222. The van der Waals surface area contributed by atoms with Gasteiger partial charge in [-0.15, -0.1) is 0 Å². The van der Waals surface area contributed by atoms with Crippen LogP contribution in [0, 0.1) is 0 Å². The van der Waals surface area contributed by atoms with E-state index >= 15 is 0 Å². The van der Waals surface area contributed by atoms with Crippen LogP contribution in [0.1, 0.15) is 6.92 Å². The van der Waals surface area contributed by atoms with E-state index in [0.29, 0.717) is 18.1 Å². The Kier molecular flexibility index (Phi) is 5.75. The normalized spacial score (nSPS) is 14.9. The monoisotopic (exact) mass is 373 g/mol. The van der Waals surface area contributed by atoms with E-state index in [1.54, 1.807) is 12.1 Å². The third-order valence-corrected chi connectivity index (χ3v) is 3.73. The van der Waals surface area contributed by atoms with E-state index in [2.05, 4.69) is 16.2 Å². The lowest BCUT2D eigenvalue weighted by Crippen LogP contribution is -2.51. The molecule has 0 aliphatic carbocycles. The molecule has 0 radical (unpaired) electrons. The summed E-state index contributed by atoms with van der Waals surface area (Å²) in [5, 5.41) is 3.21. The lowest BCUT2D eigenvalue weighted by Gasteiger charge is -2.25. The van der Waals surface area contributed by atoms with Gasteiger partial charge in [0.05, 0.1) is 6.61 Å². The first kappa shape index (κ1) is 17.8. The van der Waals surface area contributed by atoms with Gasteiger partial charge >= 0.3 is 0 Å². The van der Waals surface area contributed by atoms with Crippen LogP contribution in [0.15, 0.2) is 48.5 Å². The van der Waals surface area contributed by atoms with E-state index in [1.165, 1.54) is 0 Å². The smallest absolute Gasteiger partial charge is 0.283 e. The molecule has 1 aliphatic heterocycles. The van der Waals surface area contributed by atoms with Gasteiger partial charge in [0, 0.05) is 5.69 Å². The van der Waals surface area contributed by atoms with Crippen molar-refractivity contribution in [2.24, 2.45) is 0 Å². The van der Waals surface area contributed by atoms with Crippen LogP contribution in [0.4, 0.5) is 5.69 Å². The van der Waals surface area contributed by atoms with E-state index in [1.807, 2.05) is 43.3 Å². The summed E-state index contributed by atoms with van der Waals surface area (Å²) in [4.78, 5) is 12.2. The summed E-state index contributed by atoms with van der Waals surface area (Å²) in [6.45, 7) is 2.66. The van der Waals surface area contributed by atoms with Gasteiger partial charge in [-0.2, -0.15) is 0 Å². The van der Waals surface area contributed by atoms with Gasteiger partial charge < -0.3 is 19.5 Å². The molecule has 1 heterocycles. The molecule has 1 amide bonds. The Morgan fingerprint density at radius 2 is 1.88 bits per heavy atom. The van der Waals surface area contributed by atoms with E-state index in [4.69, 9.17) is 26.4 Å². The lowest BCUT2D eigenvalue weighted by atomic mass is 10.2. The van der Waals surface area contributed by atoms with Gasteiger partial charge in [-0.25, -0.2) is 0 Å². The number of fused-ring (bicyclic) bond motifs is 1. The number of hydrazine groups is 1. The van der Waals surface area contributed by atoms with Crippen molar-refractivity contribution in [3.05, 3.63) is 48.5 Å². The summed E-state index contributed by atoms with van der Waals surface area (Å²) in [6, 6.07) is 14.5. The number of nitrogens with one attached hydrogen (secondary N) is 3. The highest BCUT2D eigenvalue weighted by Gasteiger charge is 2.27. The number of hydrogen-bond donors (Lipinski definition) is 3. The molecule has 0 saturated carbocycles. The number of carbonyl (C=O) groups is 1. The summed E-state index contributed by atoms with van der Waals surface area (Å²) in [6.07, 6.45) is -0.759. The number of rotatable bonds is 4. The van der Waals surface area contributed by atoms with E-state index < -0.39 is 6.10 Å². The maximum Gasteiger partial charge on any atom is 0.283 e. The second kappa shape index (κ2) is 8.39. The molecule has 3 N–H and O–H groups in total. The molecular weight excluding hydrogens is 354 g/mol. The van der Waals surface area contributed by atoms with Gasteiger partial charge in [-0.05, 0) is 55.5 Å². The van der Waals surface area contributed by atoms with Gasteiger partial charge in [0.15, 0.2) is 16.6 Å².